The molecule has 1 nitrogen and oxygen atoms in total. The van der Waals surface area contributed by atoms with Crippen molar-refractivity contribution in [1.82, 2.24) is 0 Å². The lowest BCUT2D eigenvalue weighted by atomic mass is 9.82. The molecule has 0 heterocycles. The maximum atomic E-state index is 12.1. The molecule has 2 saturated carbocycles. The summed E-state index contributed by atoms with van der Waals surface area (Å²) in [5.41, 5.74) is 1.35. The van der Waals surface area contributed by atoms with Crippen LogP contribution in [0.4, 0.5) is 0 Å². The molecule has 15 heavy (non-hydrogen) atoms. The Hall–Kier alpha value is -0.590. The lowest BCUT2D eigenvalue weighted by molar-refractivity contribution is -0.125. The highest BCUT2D eigenvalue weighted by atomic mass is 16.1. The molecule has 0 aromatic rings. The first-order valence-corrected chi connectivity index (χ1v) is 6.42. The summed E-state index contributed by atoms with van der Waals surface area (Å²) in [7, 11) is 0. The molecular formula is C14H22O. The van der Waals surface area contributed by atoms with Gasteiger partial charge in [-0.05, 0) is 44.4 Å². The van der Waals surface area contributed by atoms with Crippen molar-refractivity contribution in [2.75, 3.05) is 0 Å². The van der Waals surface area contributed by atoms with Crippen molar-refractivity contribution in [2.45, 2.75) is 51.9 Å². The van der Waals surface area contributed by atoms with Crippen molar-refractivity contribution < 1.29 is 4.79 Å². The van der Waals surface area contributed by atoms with E-state index < -0.39 is 0 Å². The zero-order chi connectivity index (χ0) is 10.8. The smallest absolute Gasteiger partial charge is 0.139 e. The summed E-state index contributed by atoms with van der Waals surface area (Å²) in [6.07, 6.45) is 8.00. The highest BCUT2D eigenvalue weighted by Crippen LogP contribution is 2.46. The van der Waals surface area contributed by atoms with Gasteiger partial charge in [-0.3, -0.25) is 4.79 Å². The Balaban J connectivity index is 1.80. The second kappa shape index (κ2) is 4.51. The van der Waals surface area contributed by atoms with Gasteiger partial charge in [0.25, 0.3) is 0 Å². The third-order valence-electron chi connectivity index (χ3n) is 4.04. The summed E-state index contributed by atoms with van der Waals surface area (Å²) in [6, 6.07) is 0. The molecule has 0 N–H and O–H groups in total. The summed E-state index contributed by atoms with van der Waals surface area (Å²) in [6.45, 7) is 6.21. The van der Waals surface area contributed by atoms with Gasteiger partial charge in [0.15, 0.2) is 0 Å². The molecule has 0 aromatic carbocycles. The molecule has 0 saturated heterocycles. The minimum absolute atomic E-state index is 0.377. The van der Waals surface area contributed by atoms with Crippen LogP contribution < -0.4 is 0 Å². The Morgan fingerprint density at radius 3 is 2.67 bits per heavy atom. The molecule has 84 valence electrons. The van der Waals surface area contributed by atoms with E-state index in [4.69, 9.17) is 0 Å². The molecule has 0 aromatic heterocycles. The monoisotopic (exact) mass is 206 g/mol. The molecule has 2 aliphatic rings. The molecule has 0 spiro atoms. The largest absolute Gasteiger partial charge is 0.299 e. The quantitative estimate of drug-likeness (QED) is 0.640. The fraction of sp³-hybridized carbons (Fsp3) is 0.786. The fourth-order valence-electron chi connectivity index (χ4n) is 2.90. The molecule has 2 aliphatic carbocycles. The normalized spacial score (nSPS) is 31.7. The second-order valence-corrected chi connectivity index (χ2v) is 5.32. The fourth-order valence-corrected chi connectivity index (χ4v) is 2.90. The van der Waals surface area contributed by atoms with Gasteiger partial charge in [0.1, 0.15) is 5.78 Å². The summed E-state index contributed by atoms with van der Waals surface area (Å²) in [4.78, 5) is 12.1. The first-order valence-electron chi connectivity index (χ1n) is 6.42. The zero-order valence-electron chi connectivity index (χ0n) is 9.80. The van der Waals surface area contributed by atoms with Gasteiger partial charge in [-0.25, -0.2) is 0 Å². The third-order valence-corrected chi connectivity index (χ3v) is 4.04. The van der Waals surface area contributed by atoms with E-state index in [2.05, 4.69) is 13.5 Å². The Morgan fingerprint density at radius 1 is 1.40 bits per heavy atom. The Morgan fingerprint density at radius 2 is 2.07 bits per heavy atom. The van der Waals surface area contributed by atoms with Gasteiger partial charge in [-0.15, -0.1) is 0 Å². The van der Waals surface area contributed by atoms with Gasteiger partial charge in [-0.2, -0.15) is 0 Å². The molecule has 0 bridgehead atoms. The number of carbonyl (C=O) groups excluding carboxylic acids is 1. The number of allylic oxidation sites excluding steroid dienone is 1. The molecular weight excluding hydrogens is 184 g/mol. The number of rotatable bonds is 4. The lowest BCUT2D eigenvalue weighted by Crippen LogP contribution is -2.20. The van der Waals surface area contributed by atoms with E-state index in [0.29, 0.717) is 17.6 Å². The summed E-state index contributed by atoms with van der Waals surface area (Å²) < 4.78 is 0. The summed E-state index contributed by atoms with van der Waals surface area (Å²) in [5.74, 6) is 2.15. The van der Waals surface area contributed by atoms with Crippen molar-refractivity contribution >= 4 is 5.78 Å². The van der Waals surface area contributed by atoms with E-state index in [-0.39, 0.29) is 0 Å². The number of Topliss-reactive ketones (excluding diaryl/α,β-unsaturated/α-hetero) is 1. The second-order valence-electron chi connectivity index (χ2n) is 5.32. The minimum atomic E-state index is 0.377. The van der Waals surface area contributed by atoms with Crippen LogP contribution in [0.25, 0.3) is 0 Å². The highest BCUT2D eigenvalue weighted by Gasteiger charge is 2.44. The average Bonchev–Trinajstić information content (AvgIpc) is 2.98. The van der Waals surface area contributed by atoms with Gasteiger partial charge in [0, 0.05) is 11.8 Å². The highest BCUT2D eigenvalue weighted by molar-refractivity contribution is 5.86. The van der Waals surface area contributed by atoms with Crippen LogP contribution in [0.5, 0.6) is 0 Å². The van der Waals surface area contributed by atoms with Gasteiger partial charge >= 0.3 is 0 Å². The number of hydrogen-bond donors (Lipinski definition) is 0. The topological polar surface area (TPSA) is 17.1 Å². The van der Waals surface area contributed by atoms with E-state index in [1.807, 2.05) is 0 Å². The van der Waals surface area contributed by atoms with Gasteiger partial charge < -0.3 is 0 Å². The van der Waals surface area contributed by atoms with Crippen LogP contribution in [-0.2, 0) is 4.79 Å². The molecule has 2 rings (SSSR count). The maximum Gasteiger partial charge on any atom is 0.139 e. The Kier molecular flexibility index (Phi) is 3.28. The van der Waals surface area contributed by atoms with Crippen LogP contribution in [0.1, 0.15) is 51.9 Å². The minimum Gasteiger partial charge on any atom is -0.299 e. The zero-order valence-corrected chi connectivity index (χ0v) is 9.80. The number of hydrogen-bond acceptors (Lipinski definition) is 1. The van der Waals surface area contributed by atoms with E-state index in [9.17, 15) is 4.79 Å². The standard InChI is InChI=1S/C14H22O/c1-3-4-12-9-13(12)14(15)11-7-5-10(2)6-8-11/h11-13H,2-9H2,1H3/t12?,13-/m1/s1. The number of carbonyl (C=O) groups is 1. The predicted octanol–water partition coefficient (Wildman–Crippen LogP) is 3.74. The van der Waals surface area contributed by atoms with Crippen LogP contribution in [0.15, 0.2) is 12.2 Å². The van der Waals surface area contributed by atoms with Crippen LogP contribution in [-0.4, -0.2) is 5.78 Å². The lowest BCUT2D eigenvalue weighted by Gasteiger charge is -2.22. The first kappa shape index (κ1) is 10.9. The Bertz CT molecular complexity index is 257. The van der Waals surface area contributed by atoms with Crippen molar-refractivity contribution in [3.05, 3.63) is 12.2 Å². The molecule has 0 amide bonds. The van der Waals surface area contributed by atoms with Crippen molar-refractivity contribution in [3.8, 4) is 0 Å². The number of ketones is 1. The first-order chi connectivity index (χ1) is 7.22. The van der Waals surface area contributed by atoms with Crippen molar-refractivity contribution in [1.29, 1.82) is 0 Å². The van der Waals surface area contributed by atoms with E-state index in [0.717, 1.165) is 31.6 Å². The van der Waals surface area contributed by atoms with Crippen LogP contribution >= 0.6 is 0 Å². The van der Waals surface area contributed by atoms with Crippen LogP contribution in [0, 0.1) is 17.8 Å². The molecule has 2 atom stereocenters. The SMILES string of the molecule is C=C1CCC(C(=O)[C@@H]2CC2CCC)CC1. The molecule has 0 aliphatic heterocycles. The molecule has 1 unspecified atom stereocenters. The summed E-state index contributed by atoms with van der Waals surface area (Å²) in [5, 5.41) is 0. The third kappa shape index (κ3) is 2.50. The van der Waals surface area contributed by atoms with Crippen LogP contribution in [0.2, 0.25) is 0 Å². The van der Waals surface area contributed by atoms with Gasteiger partial charge in [-0.1, -0.05) is 25.5 Å². The Labute approximate surface area is 92.9 Å². The molecule has 1 heteroatoms. The molecule has 2 fully saturated rings. The molecule has 0 radical (unpaired) electrons. The maximum absolute atomic E-state index is 12.1. The summed E-state index contributed by atoms with van der Waals surface area (Å²) >= 11 is 0. The van der Waals surface area contributed by atoms with Crippen molar-refractivity contribution in [2.24, 2.45) is 17.8 Å². The van der Waals surface area contributed by atoms with Gasteiger partial charge in [0.05, 0.1) is 0 Å². The van der Waals surface area contributed by atoms with E-state index in [1.165, 1.54) is 24.8 Å². The predicted molar refractivity (Wildman–Crippen MR) is 62.6 cm³/mol. The van der Waals surface area contributed by atoms with E-state index in [1.54, 1.807) is 0 Å². The van der Waals surface area contributed by atoms with Crippen molar-refractivity contribution in [3.63, 3.8) is 0 Å². The van der Waals surface area contributed by atoms with Crippen LogP contribution in [0.3, 0.4) is 0 Å². The van der Waals surface area contributed by atoms with Gasteiger partial charge in [0.2, 0.25) is 0 Å². The average molecular weight is 206 g/mol. The van der Waals surface area contributed by atoms with E-state index >= 15 is 0 Å².